The highest BCUT2D eigenvalue weighted by Gasteiger charge is 2.37. The SMILES string of the molecule is FC(F)(F)c1cc(Br)ccc1N1CCCC1c1ccccc1. The van der Waals surface area contributed by atoms with Gasteiger partial charge in [-0.1, -0.05) is 46.3 Å². The highest BCUT2D eigenvalue weighted by molar-refractivity contribution is 9.10. The molecule has 0 amide bonds. The lowest BCUT2D eigenvalue weighted by molar-refractivity contribution is -0.137. The van der Waals surface area contributed by atoms with Gasteiger partial charge >= 0.3 is 6.18 Å². The van der Waals surface area contributed by atoms with E-state index in [-0.39, 0.29) is 11.7 Å². The van der Waals surface area contributed by atoms with Crippen LogP contribution in [0.5, 0.6) is 0 Å². The molecular formula is C17H15BrF3N. The second kappa shape index (κ2) is 5.95. The zero-order chi connectivity index (χ0) is 15.7. The van der Waals surface area contributed by atoms with E-state index in [1.807, 2.05) is 35.2 Å². The van der Waals surface area contributed by atoms with Gasteiger partial charge < -0.3 is 4.90 Å². The smallest absolute Gasteiger partial charge is 0.364 e. The lowest BCUT2D eigenvalue weighted by Crippen LogP contribution is -2.25. The third-order valence-corrected chi connectivity index (χ3v) is 4.50. The topological polar surface area (TPSA) is 3.24 Å². The minimum Gasteiger partial charge on any atom is -0.364 e. The van der Waals surface area contributed by atoms with Crippen molar-refractivity contribution >= 4 is 21.6 Å². The van der Waals surface area contributed by atoms with Crippen LogP contribution in [0.25, 0.3) is 0 Å². The Labute approximate surface area is 135 Å². The minimum absolute atomic E-state index is 0.00322. The second-order valence-corrected chi connectivity index (χ2v) is 6.34. The van der Waals surface area contributed by atoms with Crippen LogP contribution >= 0.6 is 15.9 Å². The fourth-order valence-corrected chi connectivity index (χ4v) is 3.42. The molecule has 1 saturated heterocycles. The molecule has 1 atom stereocenters. The van der Waals surface area contributed by atoms with Gasteiger partial charge in [-0.25, -0.2) is 0 Å². The van der Waals surface area contributed by atoms with Gasteiger partial charge in [0.1, 0.15) is 0 Å². The van der Waals surface area contributed by atoms with Crippen molar-refractivity contribution in [3.63, 3.8) is 0 Å². The Kier molecular flexibility index (Phi) is 4.17. The van der Waals surface area contributed by atoms with E-state index < -0.39 is 11.7 Å². The second-order valence-electron chi connectivity index (χ2n) is 5.42. The van der Waals surface area contributed by atoms with Crippen LogP contribution in [0.3, 0.4) is 0 Å². The van der Waals surface area contributed by atoms with Gasteiger partial charge in [0.2, 0.25) is 0 Å². The maximum Gasteiger partial charge on any atom is 0.418 e. The highest BCUT2D eigenvalue weighted by Crippen LogP contribution is 2.43. The monoisotopic (exact) mass is 369 g/mol. The zero-order valence-corrected chi connectivity index (χ0v) is 13.4. The fourth-order valence-electron chi connectivity index (χ4n) is 3.06. The molecule has 22 heavy (non-hydrogen) atoms. The van der Waals surface area contributed by atoms with Crippen molar-refractivity contribution in [3.05, 3.63) is 64.1 Å². The molecule has 0 saturated carbocycles. The first-order valence-corrected chi connectivity index (χ1v) is 7.94. The first-order chi connectivity index (χ1) is 10.5. The number of hydrogen-bond acceptors (Lipinski definition) is 1. The van der Waals surface area contributed by atoms with Crippen LogP contribution < -0.4 is 4.90 Å². The first kappa shape index (κ1) is 15.4. The average Bonchev–Trinajstić information content (AvgIpc) is 2.96. The van der Waals surface area contributed by atoms with Crippen molar-refractivity contribution in [3.8, 4) is 0 Å². The number of rotatable bonds is 2. The van der Waals surface area contributed by atoms with E-state index in [4.69, 9.17) is 0 Å². The molecule has 2 aromatic carbocycles. The third kappa shape index (κ3) is 3.00. The van der Waals surface area contributed by atoms with Gasteiger partial charge in [0.05, 0.1) is 11.6 Å². The lowest BCUT2D eigenvalue weighted by Gasteiger charge is -2.30. The summed E-state index contributed by atoms with van der Waals surface area (Å²) in [6, 6.07) is 14.1. The van der Waals surface area contributed by atoms with Gasteiger partial charge in [0.25, 0.3) is 0 Å². The minimum atomic E-state index is -4.36. The molecule has 3 rings (SSSR count). The quantitative estimate of drug-likeness (QED) is 0.645. The number of alkyl halides is 3. The van der Waals surface area contributed by atoms with Gasteiger partial charge in [0.15, 0.2) is 0 Å². The summed E-state index contributed by atoms with van der Waals surface area (Å²) in [6.45, 7) is 0.643. The molecule has 2 aromatic rings. The molecular weight excluding hydrogens is 355 g/mol. The molecule has 1 unspecified atom stereocenters. The van der Waals surface area contributed by atoms with Crippen LogP contribution in [0, 0.1) is 0 Å². The largest absolute Gasteiger partial charge is 0.418 e. The summed E-state index contributed by atoms with van der Waals surface area (Å²) in [5.74, 6) is 0. The van der Waals surface area contributed by atoms with Crippen molar-refractivity contribution in [2.45, 2.75) is 25.1 Å². The Bertz CT molecular complexity index is 655. The van der Waals surface area contributed by atoms with E-state index in [0.717, 1.165) is 24.5 Å². The van der Waals surface area contributed by atoms with Crippen LogP contribution in [0.15, 0.2) is 53.0 Å². The summed E-state index contributed by atoms with van der Waals surface area (Å²) in [6.07, 6.45) is -2.59. The van der Waals surface area contributed by atoms with Crippen molar-refractivity contribution in [2.75, 3.05) is 11.4 Å². The Morgan fingerprint density at radius 2 is 1.77 bits per heavy atom. The van der Waals surface area contributed by atoms with Gasteiger partial charge in [-0.3, -0.25) is 0 Å². The maximum atomic E-state index is 13.4. The van der Waals surface area contributed by atoms with E-state index in [9.17, 15) is 13.2 Å². The molecule has 0 radical (unpaired) electrons. The molecule has 1 nitrogen and oxygen atoms in total. The normalized spacial score (nSPS) is 18.7. The van der Waals surface area contributed by atoms with Crippen molar-refractivity contribution in [1.29, 1.82) is 0 Å². The Balaban J connectivity index is 2.03. The summed E-state index contributed by atoms with van der Waals surface area (Å²) in [7, 11) is 0. The Morgan fingerprint density at radius 3 is 2.45 bits per heavy atom. The molecule has 1 fully saturated rings. The Hall–Kier alpha value is -1.49. The maximum absolute atomic E-state index is 13.4. The fraction of sp³-hybridized carbons (Fsp3) is 0.294. The molecule has 0 bridgehead atoms. The van der Waals surface area contributed by atoms with Crippen LogP contribution in [0.1, 0.15) is 30.0 Å². The van der Waals surface area contributed by atoms with E-state index >= 15 is 0 Å². The van der Waals surface area contributed by atoms with Crippen molar-refractivity contribution in [1.82, 2.24) is 0 Å². The molecule has 0 aromatic heterocycles. The van der Waals surface area contributed by atoms with Crippen molar-refractivity contribution < 1.29 is 13.2 Å². The molecule has 0 N–H and O–H groups in total. The predicted molar refractivity (Wildman–Crippen MR) is 84.9 cm³/mol. The standard InChI is InChI=1S/C17H15BrF3N/c18-13-8-9-16(14(11-13)17(19,20)21)22-10-4-7-15(22)12-5-2-1-3-6-12/h1-3,5-6,8-9,11,15H,4,7,10H2. The molecule has 0 spiro atoms. The zero-order valence-electron chi connectivity index (χ0n) is 11.8. The van der Waals surface area contributed by atoms with E-state index in [2.05, 4.69) is 15.9 Å². The summed E-state index contributed by atoms with van der Waals surface area (Å²) in [5.41, 5.74) is 0.753. The lowest BCUT2D eigenvalue weighted by atomic mass is 10.0. The van der Waals surface area contributed by atoms with Crippen LogP contribution in [0.4, 0.5) is 18.9 Å². The molecule has 1 aliphatic rings. The highest BCUT2D eigenvalue weighted by atomic mass is 79.9. The van der Waals surface area contributed by atoms with E-state index in [1.165, 1.54) is 0 Å². The summed E-state index contributed by atoms with van der Waals surface area (Å²) < 4.78 is 40.5. The first-order valence-electron chi connectivity index (χ1n) is 7.15. The third-order valence-electron chi connectivity index (χ3n) is 4.01. The molecule has 1 aliphatic heterocycles. The van der Waals surface area contributed by atoms with Gasteiger partial charge in [0, 0.05) is 16.7 Å². The molecule has 1 heterocycles. The number of anilines is 1. The molecule has 0 aliphatic carbocycles. The Morgan fingerprint density at radius 1 is 1.05 bits per heavy atom. The summed E-state index contributed by atoms with van der Waals surface area (Å²) in [4.78, 5) is 1.88. The van der Waals surface area contributed by atoms with Gasteiger partial charge in [-0.15, -0.1) is 0 Å². The van der Waals surface area contributed by atoms with Gasteiger partial charge in [-0.2, -0.15) is 13.2 Å². The number of benzene rings is 2. The van der Waals surface area contributed by atoms with Gasteiger partial charge in [-0.05, 0) is 36.6 Å². The average molecular weight is 370 g/mol. The van der Waals surface area contributed by atoms with E-state index in [0.29, 0.717) is 11.0 Å². The number of nitrogens with zero attached hydrogens (tertiary/aromatic N) is 1. The predicted octanol–water partition coefficient (Wildman–Crippen LogP) is 5.81. The van der Waals surface area contributed by atoms with Crippen LogP contribution in [0.2, 0.25) is 0 Å². The summed E-state index contributed by atoms with van der Waals surface area (Å²) >= 11 is 3.14. The number of halogens is 4. The van der Waals surface area contributed by atoms with Crippen molar-refractivity contribution in [2.24, 2.45) is 0 Å². The van der Waals surface area contributed by atoms with E-state index in [1.54, 1.807) is 12.1 Å². The molecule has 116 valence electrons. The van der Waals surface area contributed by atoms with Crippen LogP contribution in [-0.2, 0) is 6.18 Å². The summed E-state index contributed by atoms with van der Waals surface area (Å²) in [5, 5.41) is 0. The molecule has 5 heteroatoms. The van der Waals surface area contributed by atoms with Crippen LogP contribution in [-0.4, -0.2) is 6.54 Å². The number of hydrogen-bond donors (Lipinski definition) is 0.